The number of hydrogen-bond donors (Lipinski definition) is 1. The number of para-hydroxylation sites is 1. The summed E-state index contributed by atoms with van der Waals surface area (Å²) in [4.78, 5) is 4.86. The lowest BCUT2D eigenvalue weighted by Gasteiger charge is -2.42. The average Bonchev–Trinajstić information content (AvgIpc) is 3.15. The molecule has 3 heteroatoms. The summed E-state index contributed by atoms with van der Waals surface area (Å²) in [6, 6.07) is 15.1. The first-order valence-corrected chi connectivity index (χ1v) is 9.53. The first-order valence-electron chi connectivity index (χ1n) is 9.53. The highest BCUT2D eigenvalue weighted by Gasteiger charge is 2.32. The third-order valence-electron chi connectivity index (χ3n) is 5.95. The van der Waals surface area contributed by atoms with E-state index in [0.29, 0.717) is 0 Å². The van der Waals surface area contributed by atoms with Gasteiger partial charge in [-0.3, -0.25) is 4.90 Å². The summed E-state index contributed by atoms with van der Waals surface area (Å²) >= 11 is 0. The Morgan fingerprint density at radius 1 is 0.885 bits per heavy atom. The van der Waals surface area contributed by atoms with Gasteiger partial charge in [-0.2, -0.15) is 0 Å². The first-order chi connectivity index (χ1) is 12.8. The monoisotopic (exact) mass is 344 g/mol. The third-order valence-corrected chi connectivity index (χ3v) is 5.95. The Balaban J connectivity index is 1.32. The summed E-state index contributed by atoms with van der Waals surface area (Å²) in [5.41, 5.74) is 6.19. The van der Waals surface area contributed by atoms with E-state index in [4.69, 9.17) is 0 Å². The second-order valence-corrected chi connectivity index (χ2v) is 7.44. The van der Waals surface area contributed by atoms with Crippen LogP contribution in [-0.4, -0.2) is 42.2 Å². The molecule has 1 aliphatic heterocycles. The Labute approximate surface area is 154 Å². The number of anilines is 1. The minimum atomic E-state index is -0.441. The number of nitrogens with zero attached hydrogens (tertiary/aromatic N) is 2. The summed E-state index contributed by atoms with van der Waals surface area (Å²) < 4.78 is 0. The van der Waals surface area contributed by atoms with Crippen molar-refractivity contribution in [1.82, 2.24) is 4.90 Å². The van der Waals surface area contributed by atoms with E-state index in [1.165, 1.54) is 22.4 Å². The quantitative estimate of drug-likeness (QED) is 0.903. The van der Waals surface area contributed by atoms with Gasteiger partial charge < -0.3 is 10.0 Å². The molecule has 2 aromatic rings. The van der Waals surface area contributed by atoms with E-state index in [9.17, 15) is 5.11 Å². The summed E-state index contributed by atoms with van der Waals surface area (Å²) in [6.07, 6.45) is 9.32. The van der Waals surface area contributed by atoms with Gasteiger partial charge in [-0.05, 0) is 46.9 Å². The molecule has 0 aromatic heterocycles. The smallest absolute Gasteiger partial charge is 0.0986 e. The molecule has 26 heavy (non-hydrogen) atoms. The molecule has 2 aliphatic carbocycles. The Morgan fingerprint density at radius 2 is 1.69 bits per heavy atom. The van der Waals surface area contributed by atoms with Crippen molar-refractivity contribution in [2.45, 2.75) is 18.6 Å². The van der Waals surface area contributed by atoms with Crippen molar-refractivity contribution in [2.75, 3.05) is 31.1 Å². The minimum Gasteiger partial charge on any atom is -0.386 e. The van der Waals surface area contributed by atoms with Gasteiger partial charge in [-0.15, -0.1) is 0 Å². The number of piperazine rings is 1. The van der Waals surface area contributed by atoms with Gasteiger partial charge in [0.05, 0.1) is 12.1 Å². The van der Waals surface area contributed by atoms with Crippen molar-refractivity contribution in [3.63, 3.8) is 0 Å². The van der Waals surface area contributed by atoms with E-state index >= 15 is 0 Å². The van der Waals surface area contributed by atoms with E-state index in [0.717, 1.165) is 38.2 Å². The van der Waals surface area contributed by atoms with Gasteiger partial charge in [0.15, 0.2) is 0 Å². The van der Waals surface area contributed by atoms with Crippen LogP contribution in [0.15, 0.2) is 54.6 Å². The lowest BCUT2D eigenvalue weighted by Crippen LogP contribution is -2.51. The van der Waals surface area contributed by atoms with Crippen molar-refractivity contribution >= 4 is 17.8 Å². The molecular weight excluding hydrogens is 320 g/mol. The molecule has 0 saturated carbocycles. The van der Waals surface area contributed by atoms with Crippen LogP contribution in [0.5, 0.6) is 0 Å². The lowest BCUT2D eigenvalue weighted by atomic mass is 9.87. The van der Waals surface area contributed by atoms with Crippen molar-refractivity contribution in [3.8, 4) is 0 Å². The summed E-state index contributed by atoms with van der Waals surface area (Å²) in [5.74, 6) is 0. The van der Waals surface area contributed by atoms with Gasteiger partial charge >= 0.3 is 0 Å². The van der Waals surface area contributed by atoms with Crippen LogP contribution in [0.2, 0.25) is 0 Å². The van der Waals surface area contributed by atoms with E-state index in [1.807, 2.05) is 0 Å². The minimum absolute atomic E-state index is 0.0767. The van der Waals surface area contributed by atoms with Gasteiger partial charge in [-0.1, -0.05) is 48.6 Å². The Hall–Kier alpha value is -2.36. The van der Waals surface area contributed by atoms with Gasteiger partial charge in [-0.25, -0.2) is 0 Å². The molecule has 0 spiro atoms. The Bertz CT molecular complexity index is 863. The van der Waals surface area contributed by atoms with Crippen LogP contribution in [0.25, 0.3) is 12.2 Å². The van der Waals surface area contributed by atoms with Crippen LogP contribution in [0.1, 0.15) is 28.4 Å². The van der Waals surface area contributed by atoms with Gasteiger partial charge in [0.1, 0.15) is 0 Å². The lowest BCUT2D eigenvalue weighted by molar-refractivity contribution is 0.0684. The zero-order valence-electron chi connectivity index (χ0n) is 14.9. The number of hydrogen-bond acceptors (Lipinski definition) is 3. The van der Waals surface area contributed by atoms with Crippen LogP contribution in [0.4, 0.5) is 5.69 Å². The van der Waals surface area contributed by atoms with Crippen molar-refractivity contribution in [1.29, 1.82) is 0 Å². The molecule has 3 aliphatic rings. The number of aliphatic hydroxyl groups is 1. The second-order valence-electron chi connectivity index (χ2n) is 7.44. The number of benzene rings is 2. The van der Waals surface area contributed by atoms with Gasteiger partial charge in [0.2, 0.25) is 0 Å². The molecule has 0 unspecified atom stereocenters. The molecule has 1 N–H and O–H groups in total. The maximum absolute atomic E-state index is 11.1. The van der Waals surface area contributed by atoms with Gasteiger partial charge in [0, 0.05) is 31.9 Å². The predicted octanol–water partition coefficient (Wildman–Crippen LogP) is 3.51. The van der Waals surface area contributed by atoms with Crippen molar-refractivity contribution < 1.29 is 5.11 Å². The van der Waals surface area contributed by atoms with Crippen LogP contribution in [0.3, 0.4) is 0 Å². The van der Waals surface area contributed by atoms with E-state index in [-0.39, 0.29) is 6.04 Å². The fourth-order valence-electron chi connectivity index (χ4n) is 4.47. The average molecular weight is 344 g/mol. The topological polar surface area (TPSA) is 26.7 Å². The molecule has 132 valence electrons. The third kappa shape index (κ3) is 2.68. The first kappa shape index (κ1) is 15.9. The largest absolute Gasteiger partial charge is 0.386 e. The predicted molar refractivity (Wildman–Crippen MR) is 107 cm³/mol. The summed E-state index contributed by atoms with van der Waals surface area (Å²) in [5, 5.41) is 11.1. The van der Waals surface area contributed by atoms with Gasteiger partial charge in [0.25, 0.3) is 0 Å². The zero-order chi connectivity index (χ0) is 17.5. The molecule has 1 fully saturated rings. The van der Waals surface area contributed by atoms with E-state index < -0.39 is 6.10 Å². The summed E-state index contributed by atoms with van der Waals surface area (Å²) in [6.45, 7) is 3.95. The Kier molecular flexibility index (Phi) is 3.92. The van der Waals surface area contributed by atoms with Crippen LogP contribution in [-0.2, 0) is 6.42 Å². The fraction of sp³-hybridized carbons (Fsp3) is 0.304. The molecule has 0 bridgehead atoms. The van der Waals surface area contributed by atoms with Crippen LogP contribution >= 0.6 is 0 Å². The van der Waals surface area contributed by atoms with Crippen molar-refractivity contribution in [2.24, 2.45) is 0 Å². The van der Waals surface area contributed by atoms with E-state index in [1.54, 1.807) is 0 Å². The molecule has 0 amide bonds. The molecule has 2 atom stereocenters. The molecular formula is C23H24N2O. The normalized spacial score (nSPS) is 24.6. The maximum Gasteiger partial charge on any atom is 0.0986 e. The number of aliphatic hydroxyl groups excluding tert-OH is 1. The molecule has 3 nitrogen and oxygen atoms in total. The highest BCUT2D eigenvalue weighted by atomic mass is 16.3. The number of rotatable bonds is 2. The molecule has 5 rings (SSSR count). The SMILES string of the molecule is O[C@@H]1c2cc3c(cc2C=C[C@H]1N1CCN(c2ccccc2)CC1)C=CC3. The zero-order valence-corrected chi connectivity index (χ0v) is 14.9. The molecule has 1 saturated heterocycles. The van der Waals surface area contributed by atoms with Crippen LogP contribution < -0.4 is 4.90 Å². The van der Waals surface area contributed by atoms with Crippen LogP contribution in [0, 0.1) is 0 Å². The second kappa shape index (κ2) is 6.42. The standard InChI is InChI=1S/C23H24N2O/c26-23-21-16-18-6-4-5-17(18)15-19(21)9-10-22(23)25-13-11-24(12-14-25)20-7-2-1-3-8-20/h1-5,7-10,15-16,22-23,26H,6,11-14H2/t22-,23-/m1/s1. The number of fused-ring (bicyclic) bond motifs is 2. The van der Waals surface area contributed by atoms with E-state index in [2.05, 4.69) is 76.6 Å². The number of allylic oxidation sites excluding steroid dienone is 1. The highest BCUT2D eigenvalue weighted by molar-refractivity contribution is 5.69. The molecule has 2 aromatic carbocycles. The highest BCUT2D eigenvalue weighted by Crippen LogP contribution is 2.35. The Morgan fingerprint density at radius 3 is 2.50 bits per heavy atom. The van der Waals surface area contributed by atoms with Crippen molar-refractivity contribution in [3.05, 3.63) is 76.9 Å². The fourth-order valence-corrected chi connectivity index (χ4v) is 4.47. The molecule has 0 radical (unpaired) electrons. The maximum atomic E-state index is 11.1. The summed E-state index contributed by atoms with van der Waals surface area (Å²) in [7, 11) is 0. The molecule has 1 heterocycles.